The first kappa shape index (κ1) is 15.7. The van der Waals surface area contributed by atoms with Gasteiger partial charge in [-0.2, -0.15) is 0 Å². The van der Waals surface area contributed by atoms with Crippen molar-refractivity contribution in [1.29, 1.82) is 0 Å². The lowest BCUT2D eigenvalue weighted by molar-refractivity contribution is 0.574. The molecule has 1 atom stereocenters. The minimum atomic E-state index is 0.265. The third-order valence-electron chi connectivity index (χ3n) is 3.25. The van der Waals surface area contributed by atoms with Crippen LogP contribution in [0, 0.1) is 0 Å². The summed E-state index contributed by atoms with van der Waals surface area (Å²) in [7, 11) is 0. The summed E-state index contributed by atoms with van der Waals surface area (Å²) in [5.74, 6) is 0. The van der Waals surface area contributed by atoms with E-state index in [9.17, 15) is 0 Å². The summed E-state index contributed by atoms with van der Waals surface area (Å²) >= 11 is 14.0. The van der Waals surface area contributed by atoms with Gasteiger partial charge in [-0.05, 0) is 42.5 Å². The summed E-state index contributed by atoms with van der Waals surface area (Å²) in [5, 5.41) is 4.70. The van der Waals surface area contributed by atoms with Gasteiger partial charge in [-0.3, -0.25) is 0 Å². The lowest BCUT2D eigenvalue weighted by Gasteiger charge is -2.15. The fourth-order valence-corrected chi connectivity index (χ4v) is 2.75. The van der Waals surface area contributed by atoms with Crippen molar-refractivity contribution >= 4 is 35.0 Å². The van der Waals surface area contributed by atoms with Crippen LogP contribution in [0.2, 0.25) is 10.0 Å². The van der Waals surface area contributed by atoms with E-state index in [0.717, 1.165) is 5.56 Å². The molecule has 0 aromatic heterocycles. The van der Waals surface area contributed by atoms with Gasteiger partial charge < -0.3 is 5.32 Å². The smallest absolute Gasteiger partial charge is 0.0637 e. The Bertz CT molecular complexity index is 569. The van der Waals surface area contributed by atoms with E-state index in [1.54, 1.807) is 17.8 Å². The lowest BCUT2D eigenvalue weighted by Crippen LogP contribution is -2.18. The van der Waals surface area contributed by atoms with E-state index >= 15 is 0 Å². The maximum atomic E-state index is 6.19. The molecular weight excluding hydrogens is 309 g/mol. The van der Waals surface area contributed by atoms with E-state index in [4.69, 9.17) is 23.2 Å². The summed E-state index contributed by atoms with van der Waals surface area (Å²) in [6.07, 6.45) is 2.08. The van der Waals surface area contributed by atoms with Gasteiger partial charge in [-0.15, -0.1) is 11.8 Å². The lowest BCUT2D eigenvalue weighted by atomic mass is 10.1. The highest BCUT2D eigenvalue weighted by atomic mass is 35.5. The molecule has 0 bridgehead atoms. The minimum Gasteiger partial charge on any atom is -0.306 e. The van der Waals surface area contributed by atoms with Gasteiger partial charge in [-0.25, -0.2) is 0 Å². The van der Waals surface area contributed by atoms with Crippen LogP contribution >= 0.6 is 35.0 Å². The number of halogens is 2. The van der Waals surface area contributed by atoms with Crippen LogP contribution in [0.25, 0.3) is 0 Å². The van der Waals surface area contributed by atoms with Gasteiger partial charge >= 0.3 is 0 Å². The molecule has 106 valence electrons. The van der Waals surface area contributed by atoms with Gasteiger partial charge in [0.1, 0.15) is 0 Å². The summed E-state index contributed by atoms with van der Waals surface area (Å²) in [4.78, 5) is 1.28. The van der Waals surface area contributed by atoms with Crippen molar-refractivity contribution in [2.24, 2.45) is 0 Å². The van der Waals surface area contributed by atoms with E-state index < -0.39 is 0 Å². The SMILES string of the molecule is CSc1ccc(C(C)NCc2cccc(Cl)c2Cl)cc1. The third kappa shape index (κ3) is 3.92. The third-order valence-corrected chi connectivity index (χ3v) is 4.85. The van der Waals surface area contributed by atoms with Crippen molar-refractivity contribution < 1.29 is 0 Å². The predicted molar refractivity (Wildman–Crippen MR) is 89.9 cm³/mol. The molecule has 1 unspecified atom stereocenters. The fourth-order valence-electron chi connectivity index (χ4n) is 1.96. The van der Waals surface area contributed by atoms with Gasteiger partial charge in [0.25, 0.3) is 0 Å². The Morgan fingerprint density at radius 3 is 2.45 bits per heavy atom. The second-order valence-corrected chi connectivity index (χ2v) is 6.25. The predicted octanol–water partition coefficient (Wildman–Crippen LogP) is 5.57. The molecule has 1 N–H and O–H groups in total. The Morgan fingerprint density at radius 2 is 1.80 bits per heavy atom. The highest BCUT2D eigenvalue weighted by Crippen LogP contribution is 2.26. The Kier molecular flexibility index (Phi) is 5.79. The van der Waals surface area contributed by atoms with E-state index in [1.807, 2.05) is 12.1 Å². The molecule has 0 aliphatic rings. The number of hydrogen-bond donors (Lipinski definition) is 1. The standard InChI is InChI=1S/C16H17Cl2NS/c1-11(12-6-8-14(20-2)9-7-12)19-10-13-4-3-5-15(17)16(13)18/h3-9,11,19H,10H2,1-2H3. The van der Waals surface area contributed by atoms with Crippen LogP contribution in [0.15, 0.2) is 47.4 Å². The van der Waals surface area contributed by atoms with Gasteiger partial charge in [-0.1, -0.05) is 47.5 Å². The molecule has 0 radical (unpaired) electrons. The average Bonchev–Trinajstić information content (AvgIpc) is 2.48. The summed E-state index contributed by atoms with van der Waals surface area (Å²) < 4.78 is 0. The first-order valence-corrected chi connectivity index (χ1v) is 8.40. The molecule has 0 saturated heterocycles. The van der Waals surface area contributed by atoms with Gasteiger partial charge in [0.2, 0.25) is 0 Å². The molecule has 20 heavy (non-hydrogen) atoms. The van der Waals surface area contributed by atoms with Crippen LogP contribution in [0.1, 0.15) is 24.1 Å². The van der Waals surface area contributed by atoms with Crippen LogP contribution in [0.5, 0.6) is 0 Å². The van der Waals surface area contributed by atoms with Gasteiger partial charge in [0.05, 0.1) is 10.0 Å². The molecule has 2 aromatic rings. The zero-order valence-corrected chi connectivity index (χ0v) is 13.8. The number of benzene rings is 2. The molecule has 0 aliphatic carbocycles. The van der Waals surface area contributed by atoms with Crippen molar-refractivity contribution in [3.05, 3.63) is 63.6 Å². The summed E-state index contributed by atoms with van der Waals surface area (Å²) in [5.41, 5.74) is 2.28. The van der Waals surface area contributed by atoms with Crippen molar-refractivity contribution in [3.8, 4) is 0 Å². The minimum absolute atomic E-state index is 0.265. The average molecular weight is 326 g/mol. The Labute approximate surface area is 134 Å². The van der Waals surface area contributed by atoms with E-state index in [-0.39, 0.29) is 6.04 Å². The largest absolute Gasteiger partial charge is 0.306 e. The van der Waals surface area contributed by atoms with Crippen LogP contribution in [0.3, 0.4) is 0 Å². The molecule has 0 amide bonds. The molecule has 0 saturated carbocycles. The molecule has 0 heterocycles. The van der Waals surface area contributed by atoms with Crippen LogP contribution in [-0.2, 0) is 6.54 Å². The molecule has 4 heteroatoms. The topological polar surface area (TPSA) is 12.0 Å². The number of nitrogens with one attached hydrogen (secondary N) is 1. The summed E-state index contributed by atoms with van der Waals surface area (Å²) in [6, 6.07) is 14.6. The Balaban J connectivity index is 2.00. The number of rotatable bonds is 5. The second-order valence-electron chi connectivity index (χ2n) is 4.59. The molecule has 0 fully saturated rings. The highest BCUT2D eigenvalue weighted by Gasteiger charge is 2.08. The second kappa shape index (κ2) is 7.37. The molecule has 0 aliphatic heterocycles. The molecule has 2 aromatic carbocycles. The first-order chi connectivity index (χ1) is 9.61. The maximum absolute atomic E-state index is 6.19. The quantitative estimate of drug-likeness (QED) is 0.721. The Morgan fingerprint density at radius 1 is 1.10 bits per heavy atom. The van der Waals surface area contributed by atoms with Gasteiger partial charge in [0, 0.05) is 17.5 Å². The van der Waals surface area contributed by atoms with Crippen molar-refractivity contribution in [3.63, 3.8) is 0 Å². The van der Waals surface area contributed by atoms with Crippen LogP contribution < -0.4 is 5.32 Å². The highest BCUT2D eigenvalue weighted by molar-refractivity contribution is 7.98. The Hall–Kier alpha value is -0.670. The van der Waals surface area contributed by atoms with E-state index in [2.05, 4.69) is 42.8 Å². The normalized spacial score (nSPS) is 12.4. The zero-order chi connectivity index (χ0) is 14.5. The van der Waals surface area contributed by atoms with Gasteiger partial charge in [0.15, 0.2) is 0 Å². The zero-order valence-electron chi connectivity index (χ0n) is 11.5. The number of thioether (sulfide) groups is 1. The maximum Gasteiger partial charge on any atom is 0.0637 e. The van der Waals surface area contributed by atoms with Crippen molar-refractivity contribution in [1.82, 2.24) is 5.32 Å². The monoisotopic (exact) mass is 325 g/mol. The van der Waals surface area contributed by atoms with E-state index in [1.165, 1.54) is 10.5 Å². The van der Waals surface area contributed by atoms with E-state index in [0.29, 0.717) is 16.6 Å². The molecule has 2 rings (SSSR count). The molecule has 1 nitrogen and oxygen atoms in total. The first-order valence-electron chi connectivity index (χ1n) is 6.42. The van der Waals surface area contributed by atoms with Crippen molar-refractivity contribution in [2.75, 3.05) is 6.26 Å². The molecule has 0 spiro atoms. The fraction of sp³-hybridized carbons (Fsp3) is 0.250. The molecular formula is C16H17Cl2NS. The van der Waals surface area contributed by atoms with Crippen LogP contribution in [0.4, 0.5) is 0 Å². The number of hydrogen-bond acceptors (Lipinski definition) is 2. The van der Waals surface area contributed by atoms with Crippen molar-refractivity contribution in [2.45, 2.75) is 24.4 Å². The van der Waals surface area contributed by atoms with Crippen LogP contribution in [-0.4, -0.2) is 6.26 Å². The summed E-state index contributed by atoms with van der Waals surface area (Å²) in [6.45, 7) is 2.84.